The van der Waals surface area contributed by atoms with E-state index in [1.807, 2.05) is 6.92 Å². The average molecular weight is 376 g/mol. The number of rotatable bonds is 6. The number of nitrogens with zero attached hydrogens (tertiary/aromatic N) is 1. The molecule has 3 rings (SSSR count). The summed E-state index contributed by atoms with van der Waals surface area (Å²) >= 11 is 0. The standard InChI is InChI=1S/C22H20N2O4/c1-15(17-4-6-18(25)7-5-17)24-22(27)9-3-16-2-8-20(26)21(14-16)28-19-10-12-23-13-11-19/h2-15,25-26H,1H3,(H,24,27)/b9-3+. The largest absolute Gasteiger partial charge is 0.508 e. The molecule has 1 atom stereocenters. The van der Waals surface area contributed by atoms with Crippen LogP contribution in [0.25, 0.3) is 6.08 Å². The lowest BCUT2D eigenvalue weighted by atomic mass is 10.1. The van der Waals surface area contributed by atoms with Crippen molar-refractivity contribution in [2.24, 2.45) is 0 Å². The number of benzene rings is 2. The summed E-state index contributed by atoms with van der Waals surface area (Å²) in [5, 5.41) is 22.2. The Morgan fingerprint density at radius 2 is 1.79 bits per heavy atom. The van der Waals surface area contributed by atoms with Gasteiger partial charge in [0.1, 0.15) is 11.5 Å². The molecule has 142 valence electrons. The minimum atomic E-state index is -0.259. The van der Waals surface area contributed by atoms with E-state index in [-0.39, 0.29) is 29.2 Å². The van der Waals surface area contributed by atoms with E-state index in [9.17, 15) is 15.0 Å². The van der Waals surface area contributed by atoms with Crippen molar-refractivity contribution < 1.29 is 19.7 Å². The van der Waals surface area contributed by atoms with Crippen LogP contribution < -0.4 is 10.1 Å². The highest BCUT2D eigenvalue weighted by atomic mass is 16.5. The molecule has 28 heavy (non-hydrogen) atoms. The Morgan fingerprint density at radius 3 is 2.50 bits per heavy atom. The van der Waals surface area contributed by atoms with Gasteiger partial charge in [0.15, 0.2) is 11.5 Å². The fourth-order valence-electron chi connectivity index (χ4n) is 2.53. The molecule has 1 amide bonds. The van der Waals surface area contributed by atoms with Gasteiger partial charge in [0.25, 0.3) is 0 Å². The lowest BCUT2D eigenvalue weighted by Gasteiger charge is -2.13. The number of phenolic OH excluding ortho intramolecular Hbond substituents is 2. The van der Waals surface area contributed by atoms with Crippen LogP contribution in [0.2, 0.25) is 0 Å². The van der Waals surface area contributed by atoms with Crippen LogP contribution >= 0.6 is 0 Å². The quantitative estimate of drug-likeness (QED) is 0.562. The number of ether oxygens (including phenoxy) is 1. The smallest absolute Gasteiger partial charge is 0.244 e. The number of pyridine rings is 1. The Kier molecular flexibility index (Phi) is 5.91. The monoisotopic (exact) mass is 376 g/mol. The van der Waals surface area contributed by atoms with Gasteiger partial charge in [-0.2, -0.15) is 0 Å². The number of nitrogens with one attached hydrogen (secondary N) is 1. The minimum Gasteiger partial charge on any atom is -0.508 e. The van der Waals surface area contributed by atoms with Crippen molar-refractivity contribution in [3.05, 3.63) is 84.2 Å². The summed E-state index contributed by atoms with van der Waals surface area (Å²) in [6.07, 6.45) is 6.24. The average Bonchev–Trinajstić information content (AvgIpc) is 2.70. The number of hydrogen-bond acceptors (Lipinski definition) is 5. The van der Waals surface area contributed by atoms with E-state index in [4.69, 9.17) is 4.74 Å². The molecule has 2 aromatic carbocycles. The van der Waals surface area contributed by atoms with Gasteiger partial charge in [0.2, 0.25) is 5.91 Å². The molecule has 0 saturated heterocycles. The number of carbonyl (C=O) groups is 1. The van der Waals surface area contributed by atoms with Gasteiger partial charge in [-0.1, -0.05) is 18.2 Å². The van der Waals surface area contributed by atoms with E-state index in [0.717, 1.165) is 5.56 Å². The van der Waals surface area contributed by atoms with Gasteiger partial charge < -0.3 is 20.3 Å². The molecule has 0 fully saturated rings. The molecule has 0 radical (unpaired) electrons. The van der Waals surface area contributed by atoms with Gasteiger partial charge in [-0.05, 0) is 60.5 Å². The number of aromatic nitrogens is 1. The molecule has 0 saturated carbocycles. The Morgan fingerprint density at radius 1 is 1.07 bits per heavy atom. The van der Waals surface area contributed by atoms with E-state index < -0.39 is 0 Å². The number of hydrogen-bond donors (Lipinski definition) is 3. The molecule has 0 bridgehead atoms. The van der Waals surface area contributed by atoms with Gasteiger partial charge in [0, 0.05) is 18.5 Å². The SMILES string of the molecule is CC(NC(=O)/C=C/c1ccc(O)c(Oc2ccncc2)c1)c1ccc(O)cc1. The van der Waals surface area contributed by atoms with Crippen LogP contribution in [0, 0.1) is 0 Å². The Balaban J connectivity index is 1.65. The summed E-state index contributed by atoms with van der Waals surface area (Å²) in [4.78, 5) is 16.1. The molecule has 0 aliphatic carbocycles. The van der Waals surface area contributed by atoms with Crippen LogP contribution in [0.1, 0.15) is 24.1 Å². The Bertz CT molecular complexity index is 970. The highest BCUT2D eigenvalue weighted by Crippen LogP contribution is 2.31. The van der Waals surface area contributed by atoms with Crippen molar-refractivity contribution in [3.8, 4) is 23.0 Å². The zero-order chi connectivity index (χ0) is 19.9. The maximum Gasteiger partial charge on any atom is 0.244 e. The van der Waals surface area contributed by atoms with Gasteiger partial charge in [-0.25, -0.2) is 0 Å². The molecule has 1 unspecified atom stereocenters. The molecule has 0 spiro atoms. The Hall–Kier alpha value is -3.80. The van der Waals surface area contributed by atoms with Crippen LogP contribution in [0.15, 0.2) is 73.1 Å². The summed E-state index contributed by atoms with van der Waals surface area (Å²) in [6.45, 7) is 1.86. The summed E-state index contributed by atoms with van der Waals surface area (Å²) in [6, 6.07) is 14.7. The minimum absolute atomic E-state index is 0.000587. The summed E-state index contributed by atoms with van der Waals surface area (Å²) < 4.78 is 5.64. The lowest BCUT2D eigenvalue weighted by molar-refractivity contribution is -0.117. The third-order valence-corrected chi connectivity index (χ3v) is 4.04. The van der Waals surface area contributed by atoms with E-state index >= 15 is 0 Å². The molecule has 0 aliphatic rings. The van der Waals surface area contributed by atoms with Crippen molar-refractivity contribution in [1.29, 1.82) is 0 Å². The highest BCUT2D eigenvalue weighted by molar-refractivity contribution is 5.92. The molecule has 6 heteroatoms. The fourth-order valence-corrected chi connectivity index (χ4v) is 2.53. The number of amides is 1. The first-order chi connectivity index (χ1) is 13.5. The fraction of sp³-hybridized carbons (Fsp3) is 0.0909. The summed E-state index contributed by atoms with van der Waals surface area (Å²) in [5.74, 6) is 0.752. The van der Waals surface area contributed by atoms with Gasteiger partial charge in [-0.3, -0.25) is 9.78 Å². The van der Waals surface area contributed by atoms with Crippen molar-refractivity contribution in [2.75, 3.05) is 0 Å². The van der Waals surface area contributed by atoms with Crippen LogP contribution in [0.4, 0.5) is 0 Å². The second-order valence-electron chi connectivity index (χ2n) is 6.17. The molecule has 0 aliphatic heterocycles. The van der Waals surface area contributed by atoms with Crippen LogP contribution in [-0.2, 0) is 4.79 Å². The number of aromatic hydroxyl groups is 2. The van der Waals surface area contributed by atoms with Crippen LogP contribution in [0.3, 0.4) is 0 Å². The van der Waals surface area contributed by atoms with Crippen LogP contribution in [-0.4, -0.2) is 21.1 Å². The zero-order valence-electron chi connectivity index (χ0n) is 15.2. The summed E-state index contributed by atoms with van der Waals surface area (Å²) in [7, 11) is 0. The first-order valence-electron chi connectivity index (χ1n) is 8.69. The molecule has 1 aromatic heterocycles. The van der Waals surface area contributed by atoms with E-state index in [1.165, 1.54) is 12.1 Å². The molecule has 1 heterocycles. The van der Waals surface area contributed by atoms with E-state index in [1.54, 1.807) is 67.0 Å². The third-order valence-electron chi connectivity index (χ3n) is 4.04. The Labute approximate surface area is 162 Å². The molecule has 6 nitrogen and oxygen atoms in total. The summed E-state index contributed by atoms with van der Waals surface area (Å²) in [5.41, 5.74) is 1.59. The predicted molar refractivity (Wildman–Crippen MR) is 106 cm³/mol. The second kappa shape index (κ2) is 8.73. The molecular formula is C22H20N2O4. The van der Waals surface area contributed by atoms with E-state index in [0.29, 0.717) is 11.3 Å². The van der Waals surface area contributed by atoms with Crippen molar-refractivity contribution in [1.82, 2.24) is 10.3 Å². The normalized spacial score (nSPS) is 11.9. The number of phenols is 2. The van der Waals surface area contributed by atoms with Gasteiger partial charge in [0.05, 0.1) is 6.04 Å². The topological polar surface area (TPSA) is 91.7 Å². The van der Waals surface area contributed by atoms with Crippen molar-refractivity contribution in [3.63, 3.8) is 0 Å². The first-order valence-corrected chi connectivity index (χ1v) is 8.69. The van der Waals surface area contributed by atoms with Crippen molar-refractivity contribution >= 4 is 12.0 Å². The van der Waals surface area contributed by atoms with Crippen molar-refractivity contribution in [2.45, 2.75) is 13.0 Å². The molecule has 3 N–H and O–H groups in total. The first kappa shape index (κ1) is 19.0. The van der Waals surface area contributed by atoms with E-state index in [2.05, 4.69) is 10.3 Å². The lowest BCUT2D eigenvalue weighted by Crippen LogP contribution is -2.24. The third kappa shape index (κ3) is 5.11. The highest BCUT2D eigenvalue weighted by Gasteiger charge is 2.08. The second-order valence-corrected chi connectivity index (χ2v) is 6.17. The predicted octanol–water partition coefficient (Wildman–Crippen LogP) is 4.18. The zero-order valence-corrected chi connectivity index (χ0v) is 15.2. The maximum atomic E-state index is 12.2. The van der Waals surface area contributed by atoms with Gasteiger partial charge in [-0.15, -0.1) is 0 Å². The maximum absolute atomic E-state index is 12.2. The molecular weight excluding hydrogens is 356 g/mol. The van der Waals surface area contributed by atoms with Gasteiger partial charge >= 0.3 is 0 Å². The molecule has 3 aromatic rings. The van der Waals surface area contributed by atoms with Crippen LogP contribution in [0.5, 0.6) is 23.0 Å². The number of carbonyl (C=O) groups excluding carboxylic acids is 1.